The van der Waals surface area contributed by atoms with Crippen LogP contribution in [-0.2, 0) is 22.6 Å². The van der Waals surface area contributed by atoms with Crippen LogP contribution in [-0.4, -0.2) is 41.5 Å². The molecule has 3 rings (SSSR count). The molecule has 32 heavy (non-hydrogen) atoms. The Morgan fingerprint density at radius 3 is 2.44 bits per heavy atom. The average molecular weight is 439 g/mol. The van der Waals surface area contributed by atoms with Crippen LogP contribution in [0.25, 0.3) is 0 Å². The smallest absolute Gasteiger partial charge is 0.242 e. The van der Waals surface area contributed by atoms with Crippen molar-refractivity contribution in [2.45, 2.75) is 65.6 Å². The van der Waals surface area contributed by atoms with Gasteiger partial charge in [-0.05, 0) is 64.3 Å². The maximum atomic E-state index is 13.3. The van der Waals surface area contributed by atoms with Gasteiger partial charge in [0, 0.05) is 18.5 Å². The summed E-state index contributed by atoms with van der Waals surface area (Å²) in [5.41, 5.74) is 2.77. The zero-order valence-corrected chi connectivity index (χ0v) is 19.7. The van der Waals surface area contributed by atoms with E-state index in [9.17, 15) is 9.59 Å². The number of ether oxygens (including phenoxy) is 2. The minimum Gasteiger partial charge on any atom is -0.486 e. The molecule has 1 aliphatic rings. The Kier molecular flexibility index (Phi) is 7.44. The first-order valence-corrected chi connectivity index (χ1v) is 11.2. The summed E-state index contributed by atoms with van der Waals surface area (Å²) < 4.78 is 11.2. The van der Waals surface area contributed by atoms with Crippen LogP contribution in [0.15, 0.2) is 42.5 Å². The first-order chi connectivity index (χ1) is 15.1. The Hall–Kier alpha value is -3.02. The van der Waals surface area contributed by atoms with Crippen LogP contribution in [0.5, 0.6) is 11.5 Å². The number of aryl methyl sites for hydroxylation is 2. The number of carbonyl (C=O) groups is 2. The molecule has 0 aromatic heterocycles. The van der Waals surface area contributed by atoms with Crippen LogP contribution in [0, 0.1) is 6.92 Å². The van der Waals surface area contributed by atoms with Gasteiger partial charge in [0.15, 0.2) is 11.5 Å². The number of nitrogens with zero attached hydrogens (tertiary/aromatic N) is 1. The van der Waals surface area contributed by atoms with Crippen molar-refractivity contribution in [1.82, 2.24) is 10.2 Å². The van der Waals surface area contributed by atoms with Crippen molar-refractivity contribution in [1.29, 1.82) is 0 Å². The second-order valence-electron chi connectivity index (χ2n) is 9.40. The lowest BCUT2D eigenvalue weighted by atomic mass is 10.1. The zero-order valence-electron chi connectivity index (χ0n) is 19.7. The van der Waals surface area contributed by atoms with Crippen molar-refractivity contribution in [3.05, 3.63) is 59.2 Å². The fraction of sp³-hybridized carbons (Fsp3) is 0.462. The predicted molar refractivity (Wildman–Crippen MR) is 125 cm³/mol. The lowest BCUT2D eigenvalue weighted by Crippen LogP contribution is -2.52. The van der Waals surface area contributed by atoms with Gasteiger partial charge in [0.1, 0.15) is 19.3 Å². The van der Waals surface area contributed by atoms with Crippen molar-refractivity contribution in [2.75, 3.05) is 13.2 Å². The van der Waals surface area contributed by atoms with Gasteiger partial charge in [-0.15, -0.1) is 0 Å². The molecule has 0 fully saturated rings. The minimum atomic E-state index is -0.581. The van der Waals surface area contributed by atoms with Gasteiger partial charge in [-0.2, -0.15) is 0 Å². The molecule has 1 heterocycles. The van der Waals surface area contributed by atoms with Crippen LogP contribution in [0.2, 0.25) is 0 Å². The molecule has 0 saturated carbocycles. The Labute approximate surface area is 190 Å². The SMILES string of the molecule is Cc1cccc(CN(C(=O)CCc2ccc3c(c2)OCCO3)[C@H](C)C(=O)NC(C)(C)C)c1. The van der Waals surface area contributed by atoms with E-state index in [2.05, 4.69) is 11.4 Å². The molecule has 2 aromatic carbocycles. The van der Waals surface area contributed by atoms with Crippen LogP contribution < -0.4 is 14.8 Å². The lowest BCUT2D eigenvalue weighted by molar-refractivity contribution is -0.141. The predicted octanol–water partition coefficient (Wildman–Crippen LogP) is 4.03. The Bertz CT molecular complexity index is 965. The summed E-state index contributed by atoms with van der Waals surface area (Å²) in [7, 11) is 0. The maximum Gasteiger partial charge on any atom is 0.242 e. The fourth-order valence-electron chi connectivity index (χ4n) is 3.70. The fourth-order valence-corrected chi connectivity index (χ4v) is 3.70. The number of benzene rings is 2. The van der Waals surface area contributed by atoms with Crippen molar-refractivity contribution in [3.8, 4) is 11.5 Å². The molecular weight excluding hydrogens is 404 g/mol. The number of hydrogen-bond acceptors (Lipinski definition) is 4. The monoisotopic (exact) mass is 438 g/mol. The Morgan fingerprint density at radius 1 is 1.03 bits per heavy atom. The van der Waals surface area contributed by atoms with E-state index in [1.54, 1.807) is 11.8 Å². The van der Waals surface area contributed by atoms with Gasteiger partial charge in [-0.3, -0.25) is 9.59 Å². The number of rotatable bonds is 7. The van der Waals surface area contributed by atoms with Crippen LogP contribution in [0.3, 0.4) is 0 Å². The number of nitrogens with one attached hydrogen (secondary N) is 1. The van der Waals surface area contributed by atoms with Gasteiger partial charge >= 0.3 is 0 Å². The van der Waals surface area contributed by atoms with Crippen LogP contribution in [0.1, 0.15) is 50.8 Å². The quantitative estimate of drug-likeness (QED) is 0.709. The summed E-state index contributed by atoms with van der Waals surface area (Å²) in [5, 5.41) is 3.00. The standard InChI is InChI=1S/C26H34N2O4/c1-18-7-6-8-21(15-18)17-28(19(2)25(30)27-26(3,4)5)24(29)12-10-20-9-11-22-23(16-20)32-14-13-31-22/h6-9,11,15-16,19H,10,12-14,17H2,1-5H3,(H,27,30)/t19-/m1/s1. The molecule has 172 valence electrons. The normalized spacial score (nSPS) is 13.9. The van der Waals surface area contributed by atoms with Gasteiger partial charge < -0.3 is 19.7 Å². The summed E-state index contributed by atoms with van der Waals surface area (Å²) in [5.74, 6) is 1.24. The van der Waals surface area contributed by atoms with Crippen molar-refractivity contribution in [2.24, 2.45) is 0 Å². The molecule has 0 radical (unpaired) electrons. The molecular formula is C26H34N2O4. The summed E-state index contributed by atoms with van der Waals surface area (Å²) in [6.45, 7) is 11.1. The second kappa shape index (κ2) is 10.1. The summed E-state index contributed by atoms with van der Waals surface area (Å²) >= 11 is 0. The van der Waals surface area contributed by atoms with E-state index in [1.807, 2.05) is 64.1 Å². The third-order valence-corrected chi connectivity index (χ3v) is 5.34. The minimum absolute atomic E-state index is 0.0574. The first kappa shape index (κ1) is 23.6. The van der Waals surface area contributed by atoms with Gasteiger partial charge in [0.05, 0.1) is 0 Å². The Morgan fingerprint density at radius 2 is 1.75 bits per heavy atom. The molecule has 0 spiro atoms. The van der Waals surface area contributed by atoms with Crippen molar-refractivity contribution >= 4 is 11.8 Å². The highest BCUT2D eigenvalue weighted by Crippen LogP contribution is 2.31. The molecule has 6 nitrogen and oxygen atoms in total. The van der Waals surface area contributed by atoms with Gasteiger partial charge in [-0.1, -0.05) is 35.9 Å². The maximum absolute atomic E-state index is 13.3. The third-order valence-electron chi connectivity index (χ3n) is 5.34. The van der Waals surface area contributed by atoms with E-state index in [0.29, 0.717) is 32.6 Å². The molecule has 6 heteroatoms. The Balaban J connectivity index is 1.73. The second-order valence-corrected chi connectivity index (χ2v) is 9.40. The van der Waals surface area contributed by atoms with E-state index in [4.69, 9.17) is 9.47 Å². The van der Waals surface area contributed by atoms with E-state index >= 15 is 0 Å². The van der Waals surface area contributed by atoms with Crippen molar-refractivity contribution in [3.63, 3.8) is 0 Å². The molecule has 0 saturated heterocycles. The van der Waals surface area contributed by atoms with Crippen molar-refractivity contribution < 1.29 is 19.1 Å². The number of amides is 2. The first-order valence-electron chi connectivity index (χ1n) is 11.2. The molecule has 0 unspecified atom stereocenters. The van der Waals surface area contributed by atoms with E-state index in [-0.39, 0.29) is 17.4 Å². The van der Waals surface area contributed by atoms with Gasteiger partial charge in [0.25, 0.3) is 0 Å². The molecule has 0 bridgehead atoms. The largest absolute Gasteiger partial charge is 0.486 e. The molecule has 1 atom stereocenters. The average Bonchev–Trinajstić information content (AvgIpc) is 2.74. The number of carbonyl (C=O) groups excluding carboxylic acids is 2. The van der Waals surface area contributed by atoms with Gasteiger partial charge in [0.2, 0.25) is 11.8 Å². The zero-order chi connectivity index (χ0) is 23.3. The highest BCUT2D eigenvalue weighted by molar-refractivity contribution is 5.87. The summed E-state index contributed by atoms with van der Waals surface area (Å²) in [4.78, 5) is 27.8. The topological polar surface area (TPSA) is 67.9 Å². The van der Waals surface area contributed by atoms with Crippen LogP contribution in [0.4, 0.5) is 0 Å². The van der Waals surface area contributed by atoms with E-state index in [0.717, 1.165) is 28.2 Å². The molecule has 1 N–H and O–H groups in total. The van der Waals surface area contributed by atoms with E-state index in [1.165, 1.54) is 0 Å². The molecule has 0 aliphatic carbocycles. The number of hydrogen-bond donors (Lipinski definition) is 1. The number of fused-ring (bicyclic) bond motifs is 1. The summed E-state index contributed by atoms with van der Waals surface area (Å²) in [6, 6.07) is 13.2. The highest BCUT2D eigenvalue weighted by atomic mass is 16.6. The lowest BCUT2D eigenvalue weighted by Gasteiger charge is -2.31. The molecule has 2 amide bonds. The van der Waals surface area contributed by atoms with Crippen LogP contribution >= 0.6 is 0 Å². The third kappa shape index (κ3) is 6.49. The molecule has 1 aliphatic heterocycles. The van der Waals surface area contributed by atoms with E-state index < -0.39 is 6.04 Å². The molecule has 2 aromatic rings. The van der Waals surface area contributed by atoms with Gasteiger partial charge in [-0.25, -0.2) is 0 Å². The highest BCUT2D eigenvalue weighted by Gasteiger charge is 2.28. The summed E-state index contributed by atoms with van der Waals surface area (Å²) in [6.07, 6.45) is 0.867.